The van der Waals surface area contributed by atoms with E-state index in [2.05, 4.69) is 30.8 Å². The third kappa shape index (κ3) is 1.74. The Hall–Kier alpha value is -0.930. The van der Waals surface area contributed by atoms with E-state index in [1.165, 1.54) is 16.9 Å². The molecule has 88 valence electrons. The highest BCUT2D eigenvalue weighted by Crippen LogP contribution is 2.38. The number of nitrogens with two attached hydrogens (primary N) is 1. The van der Waals surface area contributed by atoms with E-state index in [0.29, 0.717) is 12.6 Å². The number of nitrogens with zero attached hydrogens (tertiary/aromatic N) is 2. The maximum atomic E-state index is 6.11. The molecule has 1 aliphatic heterocycles. The topological polar surface area (TPSA) is 32.5 Å². The number of likely N-dealkylation sites (N-methyl/N-ethyl adjacent to an activating group) is 2. The van der Waals surface area contributed by atoms with Gasteiger partial charge in [-0.15, -0.1) is 0 Å². The zero-order valence-corrected chi connectivity index (χ0v) is 10.8. The Labute approximate surface area is 102 Å². The van der Waals surface area contributed by atoms with Crippen molar-refractivity contribution in [1.29, 1.82) is 0 Å². The number of hydrogen-bond donors (Lipinski definition) is 1. The van der Waals surface area contributed by atoms with Crippen LogP contribution in [0, 0.1) is 6.92 Å². The molecule has 1 heterocycles. The van der Waals surface area contributed by atoms with E-state index in [4.69, 9.17) is 17.3 Å². The fourth-order valence-corrected chi connectivity index (χ4v) is 2.71. The van der Waals surface area contributed by atoms with Crippen LogP contribution in [0.2, 0.25) is 5.02 Å². The van der Waals surface area contributed by atoms with Gasteiger partial charge in [0, 0.05) is 32.2 Å². The van der Waals surface area contributed by atoms with Crippen LogP contribution in [0.4, 0.5) is 11.4 Å². The predicted octanol–water partition coefficient (Wildman–Crippen LogP) is 1.86. The monoisotopic (exact) mass is 239 g/mol. The van der Waals surface area contributed by atoms with Gasteiger partial charge in [0.15, 0.2) is 0 Å². The zero-order chi connectivity index (χ0) is 11.9. The van der Waals surface area contributed by atoms with Crippen LogP contribution in [0.3, 0.4) is 0 Å². The second-order valence-electron chi connectivity index (χ2n) is 4.47. The Balaban J connectivity index is 2.54. The van der Waals surface area contributed by atoms with Gasteiger partial charge in [0.2, 0.25) is 0 Å². The molecule has 0 fully saturated rings. The average Bonchev–Trinajstić information content (AvgIpc) is 2.22. The van der Waals surface area contributed by atoms with E-state index in [9.17, 15) is 0 Å². The molecular weight excluding hydrogens is 222 g/mol. The molecular formula is C12H18ClN3. The minimum absolute atomic E-state index is 0.357. The first-order valence-electron chi connectivity index (χ1n) is 5.48. The summed E-state index contributed by atoms with van der Waals surface area (Å²) < 4.78 is 0. The zero-order valence-electron chi connectivity index (χ0n) is 10.00. The molecule has 0 saturated carbocycles. The van der Waals surface area contributed by atoms with Crippen molar-refractivity contribution in [3.63, 3.8) is 0 Å². The van der Waals surface area contributed by atoms with Crippen LogP contribution in [0.15, 0.2) is 12.1 Å². The van der Waals surface area contributed by atoms with E-state index >= 15 is 0 Å². The largest absolute Gasteiger partial charge is 0.371 e. The molecule has 1 atom stereocenters. The van der Waals surface area contributed by atoms with Crippen LogP contribution in [0.5, 0.6) is 0 Å². The first-order chi connectivity index (χ1) is 7.54. The van der Waals surface area contributed by atoms with Gasteiger partial charge >= 0.3 is 0 Å². The van der Waals surface area contributed by atoms with Crippen molar-refractivity contribution in [2.24, 2.45) is 5.73 Å². The van der Waals surface area contributed by atoms with Crippen molar-refractivity contribution < 1.29 is 0 Å². The summed E-state index contributed by atoms with van der Waals surface area (Å²) in [5, 5.41) is 0.786. The van der Waals surface area contributed by atoms with Gasteiger partial charge in [-0.25, -0.2) is 0 Å². The van der Waals surface area contributed by atoms with Gasteiger partial charge in [0.1, 0.15) is 0 Å². The number of hydrogen-bond acceptors (Lipinski definition) is 3. The number of benzene rings is 1. The van der Waals surface area contributed by atoms with Crippen molar-refractivity contribution in [1.82, 2.24) is 0 Å². The molecule has 1 aromatic rings. The molecule has 2 N–H and O–H groups in total. The smallest absolute Gasteiger partial charge is 0.0633 e. The molecule has 0 bridgehead atoms. The van der Waals surface area contributed by atoms with Gasteiger partial charge in [0.05, 0.1) is 17.4 Å². The fourth-order valence-electron chi connectivity index (χ4n) is 2.44. The van der Waals surface area contributed by atoms with E-state index < -0.39 is 0 Å². The van der Waals surface area contributed by atoms with Gasteiger partial charge < -0.3 is 15.5 Å². The molecule has 3 nitrogen and oxygen atoms in total. The summed E-state index contributed by atoms with van der Waals surface area (Å²) in [5.41, 5.74) is 9.44. The third-order valence-corrected chi connectivity index (χ3v) is 3.53. The predicted molar refractivity (Wildman–Crippen MR) is 70.7 cm³/mol. The molecule has 0 amide bonds. The van der Waals surface area contributed by atoms with E-state index in [0.717, 1.165) is 11.6 Å². The molecule has 0 saturated heterocycles. The van der Waals surface area contributed by atoms with Crippen LogP contribution in [0.1, 0.15) is 5.56 Å². The van der Waals surface area contributed by atoms with Crippen LogP contribution >= 0.6 is 11.6 Å². The van der Waals surface area contributed by atoms with E-state index in [1.54, 1.807) is 0 Å². The fraction of sp³-hybridized carbons (Fsp3) is 0.500. The second-order valence-corrected chi connectivity index (χ2v) is 4.91. The molecule has 0 aromatic heterocycles. The minimum Gasteiger partial charge on any atom is -0.371 e. The summed E-state index contributed by atoms with van der Waals surface area (Å²) in [4.78, 5) is 4.49. The molecule has 0 aliphatic carbocycles. The highest BCUT2D eigenvalue weighted by atomic mass is 35.5. The van der Waals surface area contributed by atoms with Crippen LogP contribution < -0.4 is 15.5 Å². The third-order valence-electron chi connectivity index (χ3n) is 3.31. The number of fused-ring (bicyclic) bond motifs is 1. The first kappa shape index (κ1) is 11.6. The maximum absolute atomic E-state index is 6.11. The maximum Gasteiger partial charge on any atom is 0.0633 e. The summed E-state index contributed by atoms with van der Waals surface area (Å²) >= 11 is 6.11. The van der Waals surface area contributed by atoms with Gasteiger partial charge in [0.25, 0.3) is 0 Å². The molecule has 0 radical (unpaired) electrons. The lowest BCUT2D eigenvalue weighted by Gasteiger charge is -2.41. The summed E-state index contributed by atoms with van der Waals surface area (Å²) in [5.74, 6) is 0. The Morgan fingerprint density at radius 1 is 1.44 bits per heavy atom. The number of anilines is 2. The molecule has 16 heavy (non-hydrogen) atoms. The lowest BCUT2D eigenvalue weighted by Crippen LogP contribution is -2.50. The number of aryl methyl sites for hydroxylation is 1. The standard InChI is InChI=1S/C12H18ClN3/c1-8-4-9(13)5-11-12(8)15(2)7-10(6-14)16(11)3/h4-5,10H,6-7,14H2,1-3H3. The van der Waals surface area contributed by atoms with Crippen molar-refractivity contribution in [2.45, 2.75) is 13.0 Å². The quantitative estimate of drug-likeness (QED) is 0.812. The molecule has 1 aromatic carbocycles. The Bertz CT molecular complexity index is 405. The lowest BCUT2D eigenvalue weighted by atomic mass is 10.0. The molecule has 1 aliphatic rings. The first-order valence-corrected chi connectivity index (χ1v) is 5.86. The molecule has 1 unspecified atom stereocenters. The van der Waals surface area contributed by atoms with Crippen molar-refractivity contribution in [3.05, 3.63) is 22.7 Å². The minimum atomic E-state index is 0.357. The van der Waals surface area contributed by atoms with E-state index in [-0.39, 0.29) is 0 Å². The number of halogens is 1. The van der Waals surface area contributed by atoms with Crippen LogP contribution in [0.25, 0.3) is 0 Å². The highest BCUT2D eigenvalue weighted by Gasteiger charge is 2.27. The van der Waals surface area contributed by atoms with Gasteiger partial charge in [-0.1, -0.05) is 11.6 Å². The number of rotatable bonds is 1. The Morgan fingerprint density at radius 3 is 2.75 bits per heavy atom. The lowest BCUT2D eigenvalue weighted by molar-refractivity contribution is 0.608. The van der Waals surface area contributed by atoms with Crippen LogP contribution in [-0.4, -0.2) is 33.2 Å². The van der Waals surface area contributed by atoms with Gasteiger partial charge in [-0.05, 0) is 24.6 Å². The van der Waals surface area contributed by atoms with Crippen LogP contribution in [-0.2, 0) is 0 Å². The van der Waals surface area contributed by atoms with Crippen molar-refractivity contribution in [3.8, 4) is 0 Å². The summed E-state index contributed by atoms with van der Waals surface area (Å²) in [6, 6.07) is 4.38. The summed E-state index contributed by atoms with van der Waals surface area (Å²) in [6.07, 6.45) is 0. The molecule has 2 rings (SSSR count). The SMILES string of the molecule is Cc1cc(Cl)cc2c1N(C)CC(CN)N2C. The second kappa shape index (κ2) is 4.15. The molecule has 4 heteroatoms. The highest BCUT2D eigenvalue weighted by molar-refractivity contribution is 6.31. The van der Waals surface area contributed by atoms with Gasteiger partial charge in [-0.3, -0.25) is 0 Å². The Kier molecular flexibility index (Phi) is 3.00. The Morgan fingerprint density at radius 2 is 2.12 bits per heavy atom. The van der Waals surface area contributed by atoms with Crippen molar-refractivity contribution >= 4 is 23.0 Å². The average molecular weight is 240 g/mol. The van der Waals surface area contributed by atoms with Crippen molar-refractivity contribution in [2.75, 3.05) is 37.0 Å². The molecule has 0 spiro atoms. The van der Waals surface area contributed by atoms with E-state index in [1.807, 2.05) is 12.1 Å². The summed E-state index contributed by atoms with van der Waals surface area (Å²) in [7, 11) is 4.19. The normalized spacial score (nSPS) is 19.9. The summed E-state index contributed by atoms with van der Waals surface area (Å²) in [6.45, 7) is 3.71. The van der Waals surface area contributed by atoms with Gasteiger partial charge in [-0.2, -0.15) is 0 Å².